The van der Waals surface area contributed by atoms with Gasteiger partial charge < -0.3 is 14.8 Å². The van der Waals surface area contributed by atoms with Crippen LogP contribution in [0.15, 0.2) is 64.4 Å². The number of benzene rings is 2. The maximum atomic E-state index is 12.7. The molecule has 1 aliphatic heterocycles. The molecule has 9 nitrogen and oxygen atoms in total. The van der Waals surface area contributed by atoms with E-state index in [-0.39, 0.29) is 6.54 Å². The number of hydrogen-bond acceptors (Lipinski definition) is 7. The standard InChI is InChI=1S/C22H18ClN5O4S/c23-15-3-1-14(2-4-15)13-33-21-8-7-19-25-27(22(30)28(19)26-21)12-20(29)24-16-5-6-17-18(11-16)32-10-9-31-17/h1-8,11H,9-10,12-13H2,(H,24,29). The lowest BCUT2D eigenvalue weighted by molar-refractivity contribution is -0.117. The molecule has 0 atom stereocenters. The first kappa shape index (κ1) is 21.4. The first-order chi connectivity index (χ1) is 16.0. The van der Waals surface area contributed by atoms with Crippen LogP contribution in [0.2, 0.25) is 5.02 Å². The van der Waals surface area contributed by atoms with Gasteiger partial charge in [0.05, 0.1) is 0 Å². The molecule has 3 heterocycles. The highest BCUT2D eigenvalue weighted by Crippen LogP contribution is 2.32. The second kappa shape index (κ2) is 9.16. The highest BCUT2D eigenvalue weighted by atomic mass is 35.5. The minimum absolute atomic E-state index is 0.246. The van der Waals surface area contributed by atoms with Crippen LogP contribution in [0.25, 0.3) is 5.65 Å². The number of amides is 1. The number of fused-ring (bicyclic) bond motifs is 2. The number of aromatic nitrogens is 4. The summed E-state index contributed by atoms with van der Waals surface area (Å²) in [4.78, 5) is 25.2. The average Bonchev–Trinajstić information content (AvgIpc) is 3.13. The Morgan fingerprint density at radius 1 is 1.03 bits per heavy atom. The summed E-state index contributed by atoms with van der Waals surface area (Å²) in [5, 5.41) is 12.7. The lowest BCUT2D eigenvalue weighted by Gasteiger charge is -2.18. The minimum Gasteiger partial charge on any atom is -0.486 e. The number of nitrogens with zero attached hydrogens (tertiary/aromatic N) is 4. The van der Waals surface area contributed by atoms with Crippen LogP contribution in [-0.2, 0) is 17.1 Å². The molecule has 1 amide bonds. The first-order valence-electron chi connectivity index (χ1n) is 10.1. The highest BCUT2D eigenvalue weighted by molar-refractivity contribution is 7.98. The Labute approximate surface area is 197 Å². The molecule has 2 aromatic heterocycles. The summed E-state index contributed by atoms with van der Waals surface area (Å²) in [5.41, 5.74) is 1.50. The number of carbonyl (C=O) groups excluding carboxylic acids is 1. The zero-order valence-corrected chi connectivity index (χ0v) is 18.8. The summed E-state index contributed by atoms with van der Waals surface area (Å²) >= 11 is 7.40. The largest absolute Gasteiger partial charge is 0.486 e. The maximum Gasteiger partial charge on any atom is 0.367 e. The lowest BCUT2D eigenvalue weighted by Crippen LogP contribution is -2.29. The Morgan fingerprint density at radius 2 is 1.82 bits per heavy atom. The van der Waals surface area contributed by atoms with Gasteiger partial charge in [0.25, 0.3) is 0 Å². The van der Waals surface area contributed by atoms with Gasteiger partial charge in [0.2, 0.25) is 5.91 Å². The predicted molar refractivity (Wildman–Crippen MR) is 124 cm³/mol. The number of ether oxygens (including phenoxy) is 2. The average molecular weight is 484 g/mol. The van der Waals surface area contributed by atoms with Crippen LogP contribution in [-0.4, -0.2) is 38.5 Å². The normalized spacial score (nSPS) is 12.6. The summed E-state index contributed by atoms with van der Waals surface area (Å²) in [5.74, 6) is 1.48. The molecule has 1 aliphatic rings. The summed E-state index contributed by atoms with van der Waals surface area (Å²) in [6.45, 7) is 0.697. The predicted octanol–water partition coefficient (Wildman–Crippen LogP) is 3.25. The summed E-state index contributed by atoms with van der Waals surface area (Å²) in [6.07, 6.45) is 0. The molecule has 0 spiro atoms. The molecule has 0 bridgehead atoms. The summed E-state index contributed by atoms with van der Waals surface area (Å²) in [6, 6.07) is 16.2. The summed E-state index contributed by atoms with van der Waals surface area (Å²) < 4.78 is 13.3. The van der Waals surface area contributed by atoms with Gasteiger partial charge in [-0.2, -0.15) is 9.61 Å². The zero-order valence-electron chi connectivity index (χ0n) is 17.2. The van der Waals surface area contributed by atoms with E-state index in [0.717, 1.165) is 10.2 Å². The third kappa shape index (κ3) is 4.81. The van der Waals surface area contributed by atoms with Gasteiger partial charge in [-0.15, -0.1) is 5.10 Å². The van der Waals surface area contributed by atoms with E-state index in [0.29, 0.717) is 51.8 Å². The monoisotopic (exact) mass is 483 g/mol. The number of thioether (sulfide) groups is 1. The van der Waals surface area contributed by atoms with Crippen LogP contribution < -0.4 is 20.5 Å². The number of carbonyl (C=O) groups is 1. The van der Waals surface area contributed by atoms with Crippen LogP contribution in [0.4, 0.5) is 5.69 Å². The van der Waals surface area contributed by atoms with E-state index in [2.05, 4.69) is 15.5 Å². The molecule has 4 aromatic rings. The van der Waals surface area contributed by atoms with Gasteiger partial charge in [-0.1, -0.05) is 35.5 Å². The molecule has 0 radical (unpaired) electrons. The lowest BCUT2D eigenvalue weighted by atomic mass is 10.2. The van der Waals surface area contributed by atoms with Crippen molar-refractivity contribution in [3.05, 3.63) is 75.7 Å². The Morgan fingerprint density at radius 3 is 2.64 bits per heavy atom. The zero-order chi connectivity index (χ0) is 22.8. The second-order valence-electron chi connectivity index (χ2n) is 7.20. The molecule has 11 heteroatoms. The number of anilines is 1. The van der Waals surface area contributed by atoms with E-state index in [1.165, 1.54) is 16.3 Å². The molecule has 168 valence electrons. The van der Waals surface area contributed by atoms with Crippen LogP contribution >= 0.6 is 23.4 Å². The Bertz CT molecular complexity index is 1390. The summed E-state index contributed by atoms with van der Waals surface area (Å²) in [7, 11) is 0. The molecule has 2 aromatic carbocycles. The van der Waals surface area contributed by atoms with Gasteiger partial charge in [-0.05, 0) is 42.0 Å². The van der Waals surface area contributed by atoms with Gasteiger partial charge in [-0.25, -0.2) is 9.48 Å². The SMILES string of the molecule is O=C(Cn1nc2ccc(SCc3ccc(Cl)cc3)nn2c1=O)Nc1ccc2c(c1)OCCO2. The fraction of sp³-hybridized carbons (Fsp3) is 0.182. The number of halogens is 1. The molecule has 5 rings (SSSR count). The third-order valence-corrected chi connectivity index (χ3v) is 6.08. The van der Waals surface area contributed by atoms with Crippen molar-refractivity contribution in [3.63, 3.8) is 0 Å². The molecule has 0 fully saturated rings. The fourth-order valence-corrected chi connectivity index (χ4v) is 4.20. The van der Waals surface area contributed by atoms with E-state index in [4.69, 9.17) is 21.1 Å². The Kier molecular flexibility index (Phi) is 5.93. The van der Waals surface area contributed by atoms with Crippen molar-refractivity contribution in [3.8, 4) is 11.5 Å². The van der Waals surface area contributed by atoms with Gasteiger partial charge in [0.15, 0.2) is 17.1 Å². The molecule has 0 unspecified atom stereocenters. The molecular formula is C22H18ClN5O4S. The van der Waals surface area contributed by atoms with Crippen molar-refractivity contribution in [1.29, 1.82) is 0 Å². The molecule has 0 aliphatic carbocycles. The van der Waals surface area contributed by atoms with E-state index < -0.39 is 11.6 Å². The molecule has 33 heavy (non-hydrogen) atoms. The number of rotatable bonds is 6. The maximum absolute atomic E-state index is 12.7. The van der Waals surface area contributed by atoms with Crippen molar-refractivity contribution in [2.75, 3.05) is 18.5 Å². The molecule has 0 saturated carbocycles. The van der Waals surface area contributed by atoms with Gasteiger partial charge in [0.1, 0.15) is 24.8 Å². The van der Waals surface area contributed by atoms with Crippen LogP contribution in [0, 0.1) is 0 Å². The van der Waals surface area contributed by atoms with Crippen molar-refractivity contribution < 1.29 is 14.3 Å². The van der Waals surface area contributed by atoms with E-state index in [9.17, 15) is 9.59 Å². The van der Waals surface area contributed by atoms with Gasteiger partial charge >= 0.3 is 5.69 Å². The van der Waals surface area contributed by atoms with Gasteiger partial charge in [0, 0.05) is 22.5 Å². The third-order valence-electron chi connectivity index (χ3n) is 4.83. The van der Waals surface area contributed by atoms with Crippen molar-refractivity contribution in [1.82, 2.24) is 19.4 Å². The second-order valence-corrected chi connectivity index (χ2v) is 8.64. The first-order valence-corrected chi connectivity index (χ1v) is 11.5. The molecular weight excluding hydrogens is 466 g/mol. The smallest absolute Gasteiger partial charge is 0.367 e. The van der Waals surface area contributed by atoms with E-state index >= 15 is 0 Å². The van der Waals surface area contributed by atoms with Gasteiger partial charge in [-0.3, -0.25) is 4.79 Å². The quantitative estimate of drug-likeness (QED) is 0.420. The van der Waals surface area contributed by atoms with E-state index in [1.807, 2.05) is 24.3 Å². The molecule has 1 N–H and O–H groups in total. The number of hydrogen-bond donors (Lipinski definition) is 1. The van der Waals surface area contributed by atoms with Crippen LogP contribution in [0.1, 0.15) is 5.56 Å². The van der Waals surface area contributed by atoms with Crippen LogP contribution in [0.5, 0.6) is 11.5 Å². The fourth-order valence-electron chi connectivity index (χ4n) is 3.27. The Balaban J connectivity index is 1.27. The van der Waals surface area contributed by atoms with E-state index in [1.54, 1.807) is 30.3 Å². The van der Waals surface area contributed by atoms with Crippen LogP contribution in [0.3, 0.4) is 0 Å². The molecule has 0 saturated heterocycles. The topological polar surface area (TPSA) is 99.8 Å². The minimum atomic E-state index is -0.490. The number of nitrogens with one attached hydrogen (secondary N) is 1. The van der Waals surface area contributed by atoms with Crippen molar-refractivity contribution in [2.45, 2.75) is 17.3 Å². The van der Waals surface area contributed by atoms with Crippen molar-refractivity contribution in [2.24, 2.45) is 0 Å². The Hall–Kier alpha value is -3.50. The van der Waals surface area contributed by atoms with Crippen molar-refractivity contribution >= 4 is 40.6 Å². The highest BCUT2D eigenvalue weighted by Gasteiger charge is 2.15.